The Hall–Kier alpha value is -1.90. The first-order chi connectivity index (χ1) is 16.3. The van der Waals surface area contributed by atoms with E-state index >= 15 is 0 Å². The summed E-state index contributed by atoms with van der Waals surface area (Å²) >= 11 is 19.8. The molecule has 180 valence electrons. The van der Waals surface area contributed by atoms with Crippen LogP contribution in [0.1, 0.15) is 12.0 Å². The summed E-state index contributed by atoms with van der Waals surface area (Å²) in [6, 6.07) is 20.0. The van der Waals surface area contributed by atoms with E-state index in [4.69, 9.17) is 34.8 Å². The van der Waals surface area contributed by atoms with Crippen molar-refractivity contribution in [2.45, 2.75) is 17.1 Å². The Morgan fingerprint density at radius 2 is 1.53 bits per heavy atom. The summed E-state index contributed by atoms with van der Waals surface area (Å²) in [5.41, 5.74) is 1.40. The van der Waals surface area contributed by atoms with Gasteiger partial charge in [-0.05, 0) is 60.2 Å². The van der Waals surface area contributed by atoms with Crippen LogP contribution in [0.15, 0.2) is 77.7 Å². The maximum absolute atomic E-state index is 13.3. The van der Waals surface area contributed by atoms with Gasteiger partial charge in [-0.2, -0.15) is 11.8 Å². The molecule has 0 aromatic heterocycles. The summed E-state index contributed by atoms with van der Waals surface area (Å²) < 4.78 is 27.6. The quantitative estimate of drug-likeness (QED) is 0.282. The molecule has 0 spiro atoms. The standard InChI is InChI=1S/C24H23Cl3N2O3S2/c25-19-9-7-18(8-10-19)17-33-12-4-11-28-24(30)16-29(22-14-20(26)13-21(27)15-22)34(31,32)23-5-2-1-3-6-23/h1-3,5-10,13-15H,4,11-12,16-17H2,(H,28,30). The Balaban J connectivity index is 1.60. The fraction of sp³-hybridized carbons (Fsp3) is 0.208. The molecule has 0 heterocycles. The highest BCUT2D eigenvalue weighted by molar-refractivity contribution is 7.98. The number of carbonyl (C=O) groups is 1. The van der Waals surface area contributed by atoms with Crippen LogP contribution in [0, 0.1) is 0 Å². The maximum atomic E-state index is 13.3. The molecule has 0 unspecified atom stereocenters. The first kappa shape index (κ1) is 26.7. The highest BCUT2D eigenvalue weighted by Gasteiger charge is 2.27. The van der Waals surface area contributed by atoms with Crippen molar-refractivity contribution in [1.82, 2.24) is 5.32 Å². The molecule has 0 bridgehead atoms. The zero-order chi connectivity index (χ0) is 24.6. The zero-order valence-corrected chi connectivity index (χ0v) is 22.0. The Bertz CT molecular complexity index is 1190. The van der Waals surface area contributed by atoms with Crippen LogP contribution >= 0.6 is 46.6 Å². The molecule has 5 nitrogen and oxygen atoms in total. The SMILES string of the molecule is O=C(CN(c1cc(Cl)cc(Cl)c1)S(=O)(=O)c1ccccc1)NCCCSCc1ccc(Cl)cc1. The summed E-state index contributed by atoms with van der Waals surface area (Å²) in [6.07, 6.45) is 0.748. The number of sulfonamides is 1. The van der Waals surface area contributed by atoms with E-state index in [0.717, 1.165) is 22.2 Å². The van der Waals surface area contributed by atoms with Gasteiger partial charge in [0, 0.05) is 27.4 Å². The van der Waals surface area contributed by atoms with E-state index in [1.807, 2.05) is 24.3 Å². The third-order valence-electron chi connectivity index (χ3n) is 4.72. The average Bonchev–Trinajstić information content (AvgIpc) is 2.80. The smallest absolute Gasteiger partial charge is 0.264 e. The van der Waals surface area contributed by atoms with Crippen LogP contribution in [0.4, 0.5) is 5.69 Å². The Morgan fingerprint density at radius 3 is 2.18 bits per heavy atom. The fourth-order valence-corrected chi connectivity index (χ4v) is 6.06. The van der Waals surface area contributed by atoms with E-state index in [9.17, 15) is 13.2 Å². The van der Waals surface area contributed by atoms with Gasteiger partial charge >= 0.3 is 0 Å². The lowest BCUT2D eigenvalue weighted by molar-refractivity contribution is -0.119. The molecule has 10 heteroatoms. The van der Waals surface area contributed by atoms with Gasteiger partial charge in [-0.3, -0.25) is 9.10 Å². The molecule has 0 radical (unpaired) electrons. The molecule has 0 atom stereocenters. The van der Waals surface area contributed by atoms with Crippen LogP contribution in [0.3, 0.4) is 0 Å². The average molecular weight is 558 g/mol. The van der Waals surface area contributed by atoms with E-state index < -0.39 is 22.5 Å². The van der Waals surface area contributed by atoms with Gasteiger partial charge in [-0.15, -0.1) is 0 Å². The molecule has 0 fully saturated rings. The van der Waals surface area contributed by atoms with Gasteiger partial charge in [0.15, 0.2) is 0 Å². The van der Waals surface area contributed by atoms with Crippen LogP contribution in [-0.2, 0) is 20.6 Å². The fourth-order valence-electron chi connectivity index (χ4n) is 3.08. The third kappa shape index (κ3) is 7.82. The summed E-state index contributed by atoms with van der Waals surface area (Å²) in [7, 11) is -4.01. The largest absolute Gasteiger partial charge is 0.354 e. The molecular weight excluding hydrogens is 535 g/mol. The van der Waals surface area contributed by atoms with Crippen LogP contribution in [0.25, 0.3) is 0 Å². The summed E-state index contributed by atoms with van der Waals surface area (Å²) in [5, 5.41) is 4.05. The Kier molecular flexibility index (Phi) is 9.97. The van der Waals surface area contributed by atoms with Crippen molar-refractivity contribution in [3.63, 3.8) is 0 Å². The molecule has 1 N–H and O–H groups in total. The number of carbonyl (C=O) groups excluding carboxylic acids is 1. The second kappa shape index (κ2) is 12.7. The number of nitrogens with zero attached hydrogens (tertiary/aromatic N) is 1. The molecule has 0 aliphatic heterocycles. The van der Waals surface area contributed by atoms with E-state index in [1.54, 1.807) is 30.0 Å². The summed E-state index contributed by atoms with van der Waals surface area (Å²) in [6.45, 7) is 0.0355. The van der Waals surface area contributed by atoms with Crippen LogP contribution in [0.5, 0.6) is 0 Å². The predicted octanol–water partition coefficient (Wildman–Crippen LogP) is 6.28. The number of hydrogen-bond acceptors (Lipinski definition) is 4. The molecular formula is C24H23Cl3N2O3S2. The maximum Gasteiger partial charge on any atom is 0.264 e. The lowest BCUT2D eigenvalue weighted by atomic mass is 10.2. The van der Waals surface area contributed by atoms with Crippen molar-refractivity contribution in [1.29, 1.82) is 0 Å². The minimum Gasteiger partial charge on any atom is -0.354 e. The van der Waals surface area contributed by atoms with Gasteiger partial charge in [0.2, 0.25) is 5.91 Å². The van der Waals surface area contributed by atoms with Gasteiger partial charge in [0.1, 0.15) is 6.54 Å². The molecule has 0 aliphatic rings. The van der Waals surface area contributed by atoms with Gasteiger partial charge in [-0.25, -0.2) is 8.42 Å². The molecule has 3 rings (SSSR count). The summed E-state index contributed by atoms with van der Waals surface area (Å²) in [5.74, 6) is 1.28. The summed E-state index contributed by atoms with van der Waals surface area (Å²) in [4.78, 5) is 12.7. The van der Waals surface area contributed by atoms with Gasteiger partial charge < -0.3 is 5.32 Å². The van der Waals surface area contributed by atoms with Crippen molar-refractivity contribution in [2.75, 3.05) is 23.1 Å². The van der Waals surface area contributed by atoms with Crippen molar-refractivity contribution >= 4 is 68.2 Å². The number of amides is 1. The Morgan fingerprint density at radius 1 is 0.882 bits per heavy atom. The highest BCUT2D eigenvalue weighted by Crippen LogP contribution is 2.29. The molecule has 3 aromatic rings. The van der Waals surface area contributed by atoms with Crippen LogP contribution in [0.2, 0.25) is 15.1 Å². The topological polar surface area (TPSA) is 66.5 Å². The second-order valence-corrected chi connectivity index (χ2v) is 11.6. The van der Waals surface area contributed by atoms with Gasteiger partial charge in [0.25, 0.3) is 10.0 Å². The monoisotopic (exact) mass is 556 g/mol. The molecule has 1 amide bonds. The minimum absolute atomic E-state index is 0.0671. The van der Waals surface area contributed by atoms with E-state index in [0.29, 0.717) is 11.6 Å². The Labute approximate surface area is 219 Å². The highest BCUT2D eigenvalue weighted by atomic mass is 35.5. The lowest BCUT2D eigenvalue weighted by Crippen LogP contribution is -2.41. The van der Waals surface area contributed by atoms with Crippen LogP contribution in [-0.4, -0.2) is 33.2 Å². The zero-order valence-electron chi connectivity index (χ0n) is 18.1. The van der Waals surface area contributed by atoms with E-state index in [-0.39, 0.29) is 20.6 Å². The number of hydrogen-bond donors (Lipinski definition) is 1. The molecule has 3 aromatic carbocycles. The molecule has 0 saturated heterocycles. The number of halogens is 3. The molecule has 0 aliphatic carbocycles. The van der Waals surface area contributed by atoms with Gasteiger partial charge in [-0.1, -0.05) is 65.1 Å². The van der Waals surface area contributed by atoms with Crippen LogP contribution < -0.4 is 9.62 Å². The van der Waals surface area contributed by atoms with Crippen molar-refractivity contribution in [2.24, 2.45) is 0 Å². The van der Waals surface area contributed by atoms with E-state index in [1.165, 1.54) is 35.9 Å². The minimum atomic E-state index is -4.01. The predicted molar refractivity (Wildman–Crippen MR) is 143 cm³/mol. The first-order valence-corrected chi connectivity index (χ1v) is 14.1. The second-order valence-electron chi connectivity index (χ2n) is 7.33. The van der Waals surface area contributed by atoms with Gasteiger partial charge in [0.05, 0.1) is 10.6 Å². The first-order valence-electron chi connectivity index (χ1n) is 10.4. The number of thioether (sulfide) groups is 1. The molecule has 34 heavy (non-hydrogen) atoms. The van der Waals surface area contributed by atoms with Crippen molar-refractivity contribution in [3.05, 3.63) is 93.4 Å². The number of benzene rings is 3. The number of rotatable bonds is 11. The van der Waals surface area contributed by atoms with Crippen molar-refractivity contribution in [3.8, 4) is 0 Å². The normalized spacial score (nSPS) is 11.3. The van der Waals surface area contributed by atoms with Crippen molar-refractivity contribution < 1.29 is 13.2 Å². The molecule has 0 saturated carbocycles. The lowest BCUT2D eigenvalue weighted by Gasteiger charge is -2.24. The number of anilines is 1. The van der Waals surface area contributed by atoms with E-state index in [2.05, 4.69) is 5.32 Å². The number of nitrogens with one attached hydrogen (secondary N) is 1. The third-order valence-corrected chi connectivity index (χ3v) is 8.31.